The van der Waals surface area contributed by atoms with E-state index in [0.29, 0.717) is 11.0 Å². The van der Waals surface area contributed by atoms with E-state index in [-0.39, 0.29) is 0 Å². The molecule has 0 unspecified atom stereocenters. The van der Waals surface area contributed by atoms with Gasteiger partial charge in [-0.3, -0.25) is 0 Å². The lowest BCUT2D eigenvalue weighted by molar-refractivity contribution is 0.291. The van der Waals surface area contributed by atoms with E-state index in [0.717, 1.165) is 19.0 Å². The first kappa shape index (κ1) is 10.9. The monoisotopic (exact) mass is 216 g/mol. The van der Waals surface area contributed by atoms with Crippen LogP contribution in [0.4, 0.5) is 5.95 Å². The lowest BCUT2D eigenvalue weighted by Crippen LogP contribution is -2.40. The van der Waals surface area contributed by atoms with E-state index in [9.17, 15) is 0 Å². The van der Waals surface area contributed by atoms with Crippen molar-refractivity contribution in [2.75, 3.05) is 18.0 Å². The van der Waals surface area contributed by atoms with Crippen molar-refractivity contribution < 1.29 is 0 Å². The summed E-state index contributed by atoms with van der Waals surface area (Å²) >= 11 is 0. The van der Waals surface area contributed by atoms with Crippen LogP contribution in [-0.2, 0) is 0 Å². The Morgan fingerprint density at radius 2 is 2.06 bits per heavy atom. The zero-order valence-electron chi connectivity index (χ0n) is 9.77. The number of rotatable bonds is 1. The highest BCUT2D eigenvalue weighted by molar-refractivity contribution is 5.34. The van der Waals surface area contributed by atoms with Gasteiger partial charge in [-0.25, -0.2) is 9.97 Å². The van der Waals surface area contributed by atoms with Crippen LogP contribution in [0.25, 0.3) is 0 Å². The molecular formula is C12H16N4. The first-order valence-corrected chi connectivity index (χ1v) is 5.58. The third-order valence-corrected chi connectivity index (χ3v) is 2.95. The second-order valence-electron chi connectivity index (χ2n) is 5.07. The van der Waals surface area contributed by atoms with Crippen LogP contribution < -0.4 is 4.90 Å². The number of anilines is 1. The third kappa shape index (κ3) is 2.30. The normalized spacial score (nSPS) is 19.2. The minimum Gasteiger partial charge on any atom is -0.340 e. The molecule has 0 radical (unpaired) electrons. The second kappa shape index (κ2) is 4.09. The van der Waals surface area contributed by atoms with Gasteiger partial charge < -0.3 is 4.90 Å². The fraction of sp³-hybridized carbons (Fsp3) is 0.583. The van der Waals surface area contributed by atoms with E-state index in [1.165, 1.54) is 12.8 Å². The lowest BCUT2D eigenvalue weighted by atomic mass is 9.84. The Hall–Kier alpha value is -1.63. The maximum Gasteiger partial charge on any atom is 0.225 e. The highest BCUT2D eigenvalue weighted by Gasteiger charge is 2.27. The summed E-state index contributed by atoms with van der Waals surface area (Å²) in [6.45, 7) is 6.53. The van der Waals surface area contributed by atoms with Crippen LogP contribution in [0.15, 0.2) is 12.4 Å². The molecule has 2 rings (SSSR count). The van der Waals surface area contributed by atoms with Crippen molar-refractivity contribution in [1.82, 2.24) is 9.97 Å². The van der Waals surface area contributed by atoms with E-state index in [2.05, 4.69) is 28.7 Å². The van der Waals surface area contributed by atoms with Gasteiger partial charge in [0.2, 0.25) is 5.95 Å². The molecule has 0 bridgehead atoms. The van der Waals surface area contributed by atoms with E-state index >= 15 is 0 Å². The molecule has 4 nitrogen and oxygen atoms in total. The van der Waals surface area contributed by atoms with Crippen molar-refractivity contribution in [3.8, 4) is 6.07 Å². The molecule has 1 aromatic rings. The summed E-state index contributed by atoms with van der Waals surface area (Å²) in [6.07, 6.45) is 5.60. The molecule has 4 heteroatoms. The largest absolute Gasteiger partial charge is 0.340 e. The van der Waals surface area contributed by atoms with Crippen molar-refractivity contribution in [2.45, 2.75) is 26.7 Å². The molecule has 2 heterocycles. The summed E-state index contributed by atoms with van der Waals surface area (Å²) in [6, 6.07) is 2.03. The molecule has 0 amide bonds. The Morgan fingerprint density at radius 1 is 1.38 bits per heavy atom. The zero-order valence-corrected chi connectivity index (χ0v) is 9.77. The van der Waals surface area contributed by atoms with Crippen LogP contribution in [-0.4, -0.2) is 23.1 Å². The van der Waals surface area contributed by atoms with E-state index in [1.54, 1.807) is 12.4 Å². The van der Waals surface area contributed by atoms with Gasteiger partial charge >= 0.3 is 0 Å². The topological polar surface area (TPSA) is 52.8 Å². The number of hydrogen-bond acceptors (Lipinski definition) is 4. The predicted molar refractivity (Wildman–Crippen MR) is 62.0 cm³/mol. The van der Waals surface area contributed by atoms with Crippen molar-refractivity contribution in [2.24, 2.45) is 5.41 Å². The van der Waals surface area contributed by atoms with Crippen LogP contribution >= 0.6 is 0 Å². The van der Waals surface area contributed by atoms with Crippen LogP contribution in [0.2, 0.25) is 0 Å². The van der Waals surface area contributed by atoms with Crippen LogP contribution in [0, 0.1) is 16.7 Å². The average molecular weight is 216 g/mol. The molecule has 1 fully saturated rings. The molecule has 1 aromatic heterocycles. The first-order valence-electron chi connectivity index (χ1n) is 5.58. The summed E-state index contributed by atoms with van der Waals surface area (Å²) in [7, 11) is 0. The van der Waals surface area contributed by atoms with Crippen molar-refractivity contribution in [3.63, 3.8) is 0 Å². The van der Waals surface area contributed by atoms with Gasteiger partial charge in [-0.15, -0.1) is 0 Å². The van der Waals surface area contributed by atoms with Crippen LogP contribution in [0.3, 0.4) is 0 Å². The molecular weight excluding hydrogens is 200 g/mol. The van der Waals surface area contributed by atoms with Crippen molar-refractivity contribution in [1.29, 1.82) is 5.26 Å². The fourth-order valence-electron chi connectivity index (χ4n) is 2.14. The van der Waals surface area contributed by atoms with Gasteiger partial charge in [0.05, 0.1) is 18.0 Å². The Labute approximate surface area is 95.9 Å². The molecule has 1 saturated heterocycles. The Balaban J connectivity index is 2.15. The number of piperidine rings is 1. The maximum atomic E-state index is 8.68. The van der Waals surface area contributed by atoms with Gasteiger partial charge in [-0.2, -0.15) is 5.26 Å². The molecule has 0 saturated carbocycles. The minimum absolute atomic E-state index is 0.329. The zero-order chi connectivity index (χ0) is 11.6. The molecule has 1 aliphatic rings. The van der Waals surface area contributed by atoms with E-state index in [1.807, 2.05) is 6.07 Å². The summed E-state index contributed by atoms with van der Waals surface area (Å²) in [5, 5.41) is 8.68. The average Bonchev–Trinajstić information content (AvgIpc) is 2.28. The molecule has 1 aliphatic heterocycles. The third-order valence-electron chi connectivity index (χ3n) is 2.95. The number of hydrogen-bond donors (Lipinski definition) is 0. The quantitative estimate of drug-likeness (QED) is 0.720. The molecule has 84 valence electrons. The van der Waals surface area contributed by atoms with Gasteiger partial charge in [0.25, 0.3) is 0 Å². The van der Waals surface area contributed by atoms with Crippen molar-refractivity contribution in [3.05, 3.63) is 18.0 Å². The number of aromatic nitrogens is 2. The molecule has 0 N–H and O–H groups in total. The Morgan fingerprint density at radius 3 is 2.62 bits per heavy atom. The minimum atomic E-state index is 0.329. The Kier molecular flexibility index (Phi) is 2.78. The van der Waals surface area contributed by atoms with Gasteiger partial charge in [0, 0.05) is 13.1 Å². The SMILES string of the molecule is CC1(C)CCCN(c2ncc(C#N)cn2)C1. The summed E-state index contributed by atoms with van der Waals surface area (Å²) < 4.78 is 0. The standard InChI is InChI=1S/C12H16N4/c1-12(2)4-3-5-16(9-12)11-14-7-10(6-13)8-15-11/h7-8H,3-5,9H2,1-2H3. The van der Waals surface area contributed by atoms with Gasteiger partial charge in [-0.05, 0) is 18.3 Å². The van der Waals surface area contributed by atoms with Crippen LogP contribution in [0.5, 0.6) is 0 Å². The number of nitriles is 1. The summed E-state index contributed by atoms with van der Waals surface area (Å²) in [5.74, 6) is 0.742. The van der Waals surface area contributed by atoms with Crippen molar-refractivity contribution >= 4 is 5.95 Å². The highest BCUT2D eigenvalue weighted by Crippen LogP contribution is 2.29. The summed E-state index contributed by atoms with van der Waals surface area (Å²) in [5.41, 5.74) is 0.843. The molecule has 0 spiro atoms. The summed E-state index contributed by atoms with van der Waals surface area (Å²) in [4.78, 5) is 10.7. The molecule has 0 aromatic carbocycles. The van der Waals surface area contributed by atoms with E-state index in [4.69, 9.17) is 5.26 Å². The van der Waals surface area contributed by atoms with Gasteiger partial charge in [0.15, 0.2) is 0 Å². The predicted octanol–water partition coefficient (Wildman–Crippen LogP) is 1.97. The Bertz CT molecular complexity index is 402. The molecule has 16 heavy (non-hydrogen) atoms. The number of nitrogens with zero attached hydrogens (tertiary/aromatic N) is 4. The first-order chi connectivity index (χ1) is 7.61. The molecule has 0 aliphatic carbocycles. The smallest absolute Gasteiger partial charge is 0.225 e. The fourth-order valence-corrected chi connectivity index (χ4v) is 2.14. The highest BCUT2D eigenvalue weighted by atomic mass is 15.3. The van der Waals surface area contributed by atoms with Gasteiger partial charge in [0.1, 0.15) is 6.07 Å². The molecule has 0 atom stereocenters. The van der Waals surface area contributed by atoms with E-state index < -0.39 is 0 Å². The lowest BCUT2D eigenvalue weighted by Gasteiger charge is -2.37. The second-order valence-corrected chi connectivity index (χ2v) is 5.07. The van der Waals surface area contributed by atoms with Crippen LogP contribution in [0.1, 0.15) is 32.3 Å². The van der Waals surface area contributed by atoms with Gasteiger partial charge in [-0.1, -0.05) is 13.8 Å². The maximum absolute atomic E-state index is 8.68.